The number of sulfone groups is 1. The second-order valence-electron chi connectivity index (χ2n) is 5.69. The van der Waals surface area contributed by atoms with Crippen LogP contribution in [0.1, 0.15) is 32.4 Å². The molecule has 21 heavy (non-hydrogen) atoms. The molecule has 1 atom stereocenters. The molecule has 0 radical (unpaired) electrons. The van der Waals surface area contributed by atoms with Gasteiger partial charge in [-0.25, -0.2) is 13.2 Å². The van der Waals surface area contributed by atoms with E-state index in [1.807, 2.05) is 18.2 Å². The minimum Gasteiger partial charge on any atom is -0.444 e. The Labute approximate surface area is 125 Å². The molecule has 0 saturated carbocycles. The van der Waals surface area contributed by atoms with E-state index >= 15 is 0 Å². The molecule has 0 unspecified atom stereocenters. The molecule has 0 bridgehead atoms. The summed E-state index contributed by atoms with van der Waals surface area (Å²) in [6.45, 7) is 5.28. The summed E-state index contributed by atoms with van der Waals surface area (Å²) in [6, 6.07) is 8.49. The van der Waals surface area contributed by atoms with Crippen LogP contribution in [0.5, 0.6) is 0 Å². The second-order valence-corrected chi connectivity index (χ2v) is 7.62. The van der Waals surface area contributed by atoms with Gasteiger partial charge < -0.3 is 10.1 Å². The van der Waals surface area contributed by atoms with Crippen molar-refractivity contribution in [2.45, 2.75) is 32.4 Å². The van der Waals surface area contributed by atoms with Gasteiger partial charge in [0.2, 0.25) is 0 Å². The lowest BCUT2D eigenvalue weighted by atomic mass is 10.1. The van der Waals surface area contributed by atoms with Gasteiger partial charge in [-0.15, -0.1) is 0 Å². The number of carbonyl (C=O) groups is 1. The molecule has 0 spiro atoms. The van der Waals surface area contributed by atoms with Gasteiger partial charge in [-0.2, -0.15) is 0 Å². The Morgan fingerprint density at radius 3 is 2.29 bits per heavy atom. The first-order chi connectivity index (χ1) is 9.57. The topological polar surface area (TPSA) is 72.5 Å². The number of alkyl carbamates (subject to hydrolysis) is 1. The zero-order valence-corrected chi connectivity index (χ0v) is 13.5. The Bertz CT molecular complexity index is 600. The summed E-state index contributed by atoms with van der Waals surface area (Å²) in [7, 11) is -3.27. The first-order valence-corrected chi connectivity index (χ1v) is 8.45. The molecule has 1 aromatic rings. The van der Waals surface area contributed by atoms with Crippen LogP contribution in [0.3, 0.4) is 0 Å². The van der Waals surface area contributed by atoms with Crippen LogP contribution in [-0.2, 0) is 14.6 Å². The van der Waals surface area contributed by atoms with Gasteiger partial charge in [-0.1, -0.05) is 30.3 Å². The predicted molar refractivity (Wildman–Crippen MR) is 82.5 cm³/mol. The SMILES string of the molecule is CC(C)(C)OC(=O)N[C@H](/C=C/S(C)(=O)=O)c1ccccc1. The van der Waals surface area contributed by atoms with Crippen molar-refractivity contribution in [1.29, 1.82) is 0 Å². The first-order valence-electron chi connectivity index (χ1n) is 6.49. The minimum atomic E-state index is -3.27. The van der Waals surface area contributed by atoms with E-state index in [-0.39, 0.29) is 0 Å². The van der Waals surface area contributed by atoms with Gasteiger partial charge in [-0.3, -0.25) is 0 Å². The Kier molecular flexibility index (Phi) is 5.54. The van der Waals surface area contributed by atoms with E-state index in [0.717, 1.165) is 17.2 Å². The molecule has 0 aliphatic carbocycles. The van der Waals surface area contributed by atoms with E-state index < -0.39 is 27.6 Å². The molecular formula is C15H21NO4S. The van der Waals surface area contributed by atoms with Crippen molar-refractivity contribution in [3.63, 3.8) is 0 Å². The highest BCUT2D eigenvalue weighted by Crippen LogP contribution is 2.16. The molecule has 0 aromatic heterocycles. The maximum absolute atomic E-state index is 11.9. The number of benzene rings is 1. The smallest absolute Gasteiger partial charge is 0.408 e. The molecule has 0 heterocycles. The molecule has 0 saturated heterocycles. The van der Waals surface area contributed by atoms with Crippen molar-refractivity contribution in [3.8, 4) is 0 Å². The maximum Gasteiger partial charge on any atom is 0.408 e. The number of rotatable bonds is 4. The third-order valence-electron chi connectivity index (χ3n) is 2.35. The largest absolute Gasteiger partial charge is 0.444 e. The molecule has 0 fully saturated rings. The summed E-state index contributed by atoms with van der Waals surface area (Å²) in [6.07, 6.45) is 1.92. The van der Waals surface area contributed by atoms with Crippen LogP contribution in [0, 0.1) is 0 Å². The van der Waals surface area contributed by atoms with Gasteiger partial charge in [0.1, 0.15) is 5.60 Å². The zero-order valence-electron chi connectivity index (χ0n) is 12.7. The Hall–Kier alpha value is -1.82. The van der Waals surface area contributed by atoms with Crippen molar-refractivity contribution in [2.24, 2.45) is 0 Å². The zero-order chi connectivity index (χ0) is 16.1. The van der Waals surface area contributed by atoms with Crippen LogP contribution in [0.15, 0.2) is 41.8 Å². The van der Waals surface area contributed by atoms with Crippen molar-refractivity contribution in [3.05, 3.63) is 47.4 Å². The van der Waals surface area contributed by atoms with Crippen LogP contribution in [0.25, 0.3) is 0 Å². The van der Waals surface area contributed by atoms with Crippen molar-refractivity contribution >= 4 is 15.9 Å². The third kappa shape index (κ3) is 7.51. The monoisotopic (exact) mass is 311 g/mol. The molecule has 1 aromatic carbocycles. The summed E-state index contributed by atoms with van der Waals surface area (Å²) in [5, 5.41) is 3.72. The van der Waals surface area contributed by atoms with E-state index in [1.54, 1.807) is 32.9 Å². The van der Waals surface area contributed by atoms with Crippen molar-refractivity contribution in [2.75, 3.05) is 6.26 Å². The normalized spacial score (nSPS) is 13.9. The first kappa shape index (κ1) is 17.2. The number of carbonyl (C=O) groups excluding carboxylic acids is 1. The predicted octanol–water partition coefficient (Wildman–Crippen LogP) is 2.81. The van der Waals surface area contributed by atoms with Crippen LogP contribution < -0.4 is 5.32 Å². The van der Waals surface area contributed by atoms with E-state index in [4.69, 9.17) is 4.74 Å². The van der Waals surface area contributed by atoms with E-state index in [9.17, 15) is 13.2 Å². The molecular weight excluding hydrogens is 290 g/mol. The third-order valence-corrected chi connectivity index (χ3v) is 3.00. The molecule has 0 aliphatic rings. The Balaban J connectivity index is 2.93. The van der Waals surface area contributed by atoms with E-state index in [1.165, 1.54) is 6.08 Å². The lowest BCUT2D eigenvalue weighted by molar-refractivity contribution is 0.0514. The summed E-state index contributed by atoms with van der Waals surface area (Å²) >= 11 is 0. The molecule has 116 valence electrons. The van der Waals surface area contributed by atoms with Crippen molar-refractivity contribution in [1.82, 2.24) is 5.32 Å². The standard InChI is InChI=1S/C15H21NO4S/c1-15(2,3)20-14(17)16-13(10-11-21(4,18)19)12-8-6-5-7-9-12/h5-11,13H,1-4H3,(H,16,17)/b11-10+/t13-/m1/s1. The number of ether oxygens (including phenoxy) is 1. The van der Waals surface area contributed by atoms with Gasteiger partial charge in [0.05, 0.1) is 6.04 Å². The molecule has 1 amide bonds. The lowest BCUT2D eigenvalue weighted by Crippen LogP contribution is -2.34. The highest BCUT2D eigenvalue weighted by Gasteiger charge is 2.19. The van der Waals surface area contributed by atoms with E-state index in [0.29, 0.717) is 0 Å². The Morgan fingerprint density at radius 2 is 1.81 bits per heavy atom. The molecule has 1 N–H and O–H groups in total. The fourth-order valence-electron chi connectivity index (χ4n) is 1.56. The van der Waals surface area contributed by atoms with Gasteiger partial charge >= 0.3 is 6.09 Å². The second kappa shape index (κ2) is 6.76. The molecule has 6 heteroatoms. The average molecular weight is 311 g/mol. The van der Waals surface area contributed by atoms with Crippen molar-refractivity contribution < 1.29 is 17.9 Å². The molecule has 5 nitrogen and oxygen atoms in total. The van der Waals surface area contributed by atoms with Gasteiger partial charge in [-0.05, 0) is 32.4 Å². The summed E-state index contributed by atoms with van der Waals surface area (Å²) in [5.74, 6) is 0. The molecule has 0 aliphatic heterocycles. The Morgan fingerprint density at radius 1 is 1.24 bits per heavy atom. The highest BCUT2D eigenvalue weighted by atomic mass is 32.2. The highest BCUT2D eigenvalue weighted by molar-refractivity contribution is 7.93. The van der Waals surface area contributed by atoms with Gasteiger partial charge in [0.15, 0.2) is 9.84 Å². The summed E-state index contributed by atoms with van der Waals surface area (Å²) < 4.78 is 27.7. The summed E-state index contributed by atoms with van der Waals surface area (Å²) in [4.78, 5) is 11.9. The minimum absolute atomic E-state index is 0.573. The quantitative estimate of drug-likeness (QED) is 0.928. The van der Waals surface area contributed by atoms with Gasteiger partial charge in [0.25, 0.3) is 0 Å². The van der Waals surface area contributed by atoms with Crippen LogP contribution in [0.2, 0.25) is 0 Å². The fraction of sp³-hybridized carbons (Fsp3) is 0.400. The maximum atomic E-state index is 11.9. The van der Waals surface area contributed by atoms with Crippen LogP contribution in [0.4, 0.5) is 4.79 Å². The van der Waals surface area contributed by atoms with E-state index in [2.05, 4.69) is 5.32 Å². The number of hydrogen-bond acceptors (Lipinski definition) is 4. The summed E-state index contributed by atoms with van der Waals surface area (Å²) in [5.41, 5.74) is 0.148. The molecule has 1 rings (SSSR count). The fourth-order valence-corrected chi connectivity index (χ4v) is 2.00. The lowest BCUT2D eigenvalue weighted by Gasteiger charge is -2.22. The average Bonchev–Trinajstić information content (AvgIpc) is 2.32. The number of amides is 1. The number of hydrogen-bond donors (Lipinski definition) is 1. The van der Waals surface area contributed by atoms with Crippen LogP contribution in [-0.4, -0.2) is 26.4 Å². The van der Waals surface area contributed by atoms with Gasteiger partial charge in [0, 0.05) is 11.7 Å². The number of nitrogens with one attached hydrogen (secondary N) is 1. The van der Waals surface area contributed by atoms with Crippen LogP contribution >= 0.6 is 0 Å².